The summed E-state index contributed by atoms with van der Waals surface area (Å²) in [6.07, 6.45) is 0.130. The Morgan fingerprint density at radius 2 is 1.79 bits per heavy atom. The Kier molecular flexibility index (Phi) is 3.18. The molecule has 102 valence electrons. The van der Waals surface area contributed by atoms with Crippen LogP contribution in [0.4, 0.5) is 0 Å². The molecule has 2 rings (SSSR count). The molecule has 0 saturated heterocycles. The van der Waals surface area contributed by atoms with E-state index in [1.165, 1.54) is 19.1 Å². The van der Waals surface area contributed by atoms with Crippen LogP contribution in [0.5, 0.6) is 0 Å². The minimum atomic E-state index is -0.783. The van der Waals surface area contributed by atoms with E-state index in [-0.39, 0.29) is 12.3 Å². The van der Waals surface area contributed by atoms with Gasteiger partial charge in [0.15, 0.2) is 0 Å². The molecule has 0 N–H and O–H groups in total. The van der Waals surface area contributed by atoms with E-state index >= 15 is 0 Å². The molecule has 6 nitrogen and oxygen atoms in total. The number of fused-ring (bicyclic) bond motifs is 1. The van der Waals surface area contributed by atoms with Gasteiger partial charge in [-0.3, -0.25) is 9.69 Å². The molecule has 0 bridgehead atoms. The van der Waals surface area contributed by atoms with Crippen molar-refractivity contribution in [2.75, 3.05) is 14.2 Å². The molecule has 0 saturated carbocycles. The number of esters is 2. The van der Waals surface area contributed by atoms with Crippen molar-refractivity contribution in [1.29, 1.82) is 0 Å². The predicted octanol–water partition coefficient (Wildman–Crippen LogP) is 0.537. The van der Waals surface area contributed by atoms with Crippen molar-refractivity contribution < 1.29 is 23.9 Å². The second kappa shape index (κ2) is 4.53. The lowest BCUT2D eigenvalue weighted by atomic mass is 10.0. The van der Waals surface area contributed by atoms with Crippen LogP contribution in [0.15, 0.2) is 22.4 Å². The molecule has 1 atom stereocenters. The average molecular weight is 265 g/mol. The van der Waals surface area contributed by atoms with Crippen LogP contribution >= 0.6 is 0 Å². The zero-order valence-corrected chi connectivity index (χ0v) is 11.3. The Bertz CT molecular complexity index is 543. The summed E-state index contributed by atoms with van der Waals surface area (Å²) in [5.74, 6) is -1.32. The van der Waals surface area contributed by atoms with Crippen LogP contribution < -0.4 is 0 Å². The molecule has 2 aliphatic rings. The van der Waals surface area contributed by atoms with Gasteiger partial charge in [0.2, 0.25) is 0 Å². The highest BCUT2D eigenvalue weighted by Crippen LogP contribution is 2.41. The lowest BCUT2D eigenvalue weighted by Crippen LogP contribution is -2.39. The molecule has 0 aliphatic carbocycles. The van der Waals surface area contributed by atoms with E-state index in [0.717, 1.165) is 0 Å². The molecule has 0 aromatic rings. The summed E-state index contributed by atoms with van der Waals surface area (Å²) < 4.78 is 9.41. The van der Waals surface area contributed by atoms with E-state index < -0.39 is 18.0 Å². The maximum atomic E-state index is 12.2. The highest BCUT2D eigenvalue weighted by molar-refractivity contribution is 6.06. The largest absolute Gasteiger partial charge is 0.467 e. The quantitative estimate of drug-likeness (QED) is 0.681. The average Bonchev–Trinajstić information content (AvgIpc) is 2.91. The molecule has 19 heavy (non-hydrogen) atoms. The second-order valence-corrected chi connectivity index (χ2v) is 4.49. The summed E-state index contributed by atoms with van der Waals surface area (Å²) in [4.78, 5) is 37.0. The van der Waals surface area contributed by atoms with Crippen molar-refractivity contribution in [1.82, 2.24) is 4.90 Å². The Morgan fingerprint density at radius 1 is 1.16 bits per heavy atom. The lowest BCUT2D eigenvalue weighted by Gasteiger charge is -2.20. The number of methoxy groups -OCH3 is 2. The van der Waals surface area contributed by atoms with E-state index in [9.17, 15) is 14.4 Å². The number of amides is 1. The van der Waals surface area contributed by atoms with E-state index in [1.807, 2.05) is 0 Å². The first kappa shape index (κ1) is 13.3. The predicted molar refractivity (Wildman–Crippen MR) is 64.7 cm³/mol. The van der Waals surface area contributed by atoms with E-state index in [0.29, 0.717) is 22.4 Å². The fourth-order valence-corrected chi connectivity index (χ4v) is 2.48. The van der Waals surface area contributed by atoms with E-state index in [1.54, 1.807) is 13.8 Å². The monoisotopic (exact) mass is 265 g/mol. The van der Waals surface area contributed by atoms with Gasteiger partial charge >= 0.3 is 11.9 Å². The molecule has 6 heteroatoms. The summed E-state index contributed by atoms with van der Waals surface area (Å²) in [6, 6.07) is -0.783. The van der Waals surface area contributed by atoms with Gasteiger partial charge in [-0.25, -0.2) is 9.59 Å². The third-order valence-corrected chi connectivity index (χ3v) is 3.60. The topological polar surface area (TPSA) is 72.9 Å². The van der Waals surface area contributed by atoms with E-state index in [4.69, 9.17) is 9.47 Å². The first-order chi connectivity index (χ1) is 8.93. The normalized spacial score (nSPS) is 22.0. The van der Waals surface area contributed by atoms with Gasteiger partial charge in [0.1, 0.15) is 6.04 Å². The highest BCUT2D eigenvalue weighted by Gasteiger charge is 2.47. The SMILES string of the molecule is COC(=O)C1=C2C(C)=C(C)C(=O)N2[C@H](C(=O)OC)C1. The molecule has 0 fully saturated rings. The van der Waals surface area contributed by atoms with Crippen molar-refractivity contribution in [2.24, 2.45) is 0 Å². The van der Waals surface area contributed by atoms with Gasteiger partial charge in [0.25, 0.3) is 5.91 Å². The first-order valence-electron chi connectivity index (χ1n) is 5.84. The van der Waals surface area contributed by atoms with Crippen LogP contribution in [0.25, 0.3) is 0 Å². The maximum absolute atomic E-state index is 12.2. The standard InChI is InChI=1S/C13H15NO5/c1-6-7(2)11(15)14-9(13(17)19-4)5-8(10(6)14)12(16)18-3/h9H,5H2,1-4H3/t9-/m0/s1. The molecule has 0 aromatic carbocycles. The van der Waals surface area contributed by atoms with Crippen LogP contribution in [-0.2, 0) is 23.9 Å². The fraction of sp³-hybridized carbons (Fsp3) is 0.462. The minimum Gasteiger partial charge on any atom is -0.467 e. The summed E-state index contributed by atoms with van der Waals surface area (Å²) in [5.41, 5.74) is 2.08. The zero-order chi connectivity index (χ0) is 14.3. The zero-order valence-electron chi connectivity index (χ0n) is 11.3. The van der Waals surface area contributed by atoms with Gasteiger partial charge in [-0.2, -0.15) is 0 Å². The van der Waals surface area contributed by atoms with Gasteiger partial charge < -0.3 is 9.47 Å². The van der Waals surface area contributed by atoms with Crippen molar-refractivity contribution in [2.45, 2.75) is 26.3 Å². The Morgan fingerprint density at radius 3 is 2.32 bits per heavy atom. The smallest absolute Gasteiger partial charge is 0.335 e. The van der Waals surface area contributed by atoms with Crippen molar-refractivity contribution in [3.63, 3.8) is 0 Å². The molecule has 2 heterocycles. The van der Waals surface area contributed by atoms with Gasteiger partial charge in [-0.05, 0) is 19.4 Å². The summed E-state index contributed by atoms with van der Waals surface area (Å²) >= 11 is 0. The van der Waals surface area contributed by atoms with Crippen LogP contribution in [-0.4, -0.2) is 43.0 Å². The molecule has 0 spiro atoms. The maximum Gasteiger partial charge on any atom is 0.335 e. The van der Waals surface area contributed by atoms with Gasteiger partial charge in [-0.1, -0.05) is 0 Å². The third-order valence-electron chi connectivity index (χ3n) is 3.60. The molecule has 0 aromatic heterocycles. The number of carbonyl (C=O) groups is 3. The third kappa shape index (κ3) is 1.75. The van der Waals surface area contributed by atoms with Gasteiger partial charge in [-0.15, -0.1) is 0 Å². The Hall–Kier alpha value is -2.11. The number of carbonyl (C=O) groups excluding carboxylic acids is 3. The number of rotatable bonds is 2. The Balaban J connectivity index is 2.52. The van der Waals surface area contributed by atoms with Crippen molar-refractivity contribution in [3.05, 3.63) is 22.4 Å². The van der Waals surface area contributed by atoms with E-state index in [2.05, 4.69) is 0 Å². The number of allylic oxidation sites excluding steroid dienone is 1. The summed E-state index contributed by atoms with van der Waals surface area (Å²) in [7, 11) is 2.53. The van der Waals surface area contributed by atoms with Crippen LogP contribution in [0.1, 0.15) is 20.3 Å². The van der Waals surface area contributed by atoms with Crippen LogP contribution in [0, 0.1) is 0 Å². The molecular formula is C13H15NO5. The Labute approximate surface area is 110 Å². The minimum absolute atomic E-state index is 0.130. The van der Waals surface area contributed by atoms with Crippen LogP contribution in [0.2, 0.25) is 0 Å². The lowest BCUT2D eigenvalue weighted by molar-refractivity contribution is -0.148. The fourth-order valence-electron chi connectivity index (χ4n) is 2.48. The van der Waals surface area contributed by atoms with Crippen molar-refractivity contribution in [3.8, 4) is 0 Å². The van der Waals surface area contributed by atoms with Gasteiger partial charge in [0.05, 0.1) is 25.5 Å². The molecule has 0 radical (unpaired) electrons. The molecule has 2 aliphatic heterocycles. The molecule has 1 amide bonds. The van der Waals surface area contributed by atoms with Gasteiger partial charge in [0, 0.05) is 12.0 Å². The molecular weight excluding hydrogens is 250 g/mol. The molecule has 0 unspecified atom stereocenters. The summed E-state index contributed by atoms with van der Waals surface area (Å²) in [6.45, 7) is 3.43. The number of hydrogen-bond acceptors (Lipinski definition) is 5. The number of hydrogen-bond donors (Lipinski definition) is 0. The second-order valence-electron chi connectivity index (χ2n) is 4.49. The number of nitrogens with zero attached hydrogens (tertiary/aromatic N) is 1. The van der Waals surface area contributed by atoms with Crippen molar-refractivity contribution >= 4 is 17.8 Å². The summed E-state index contributed by atoms with van der Waals surface area (Å²) in [5, 5.41) is 0. The number of ether oxygens (including phenoxy) is 2. The highest BCUT2D eigenvalue weighted by atomic mass is 16.5. The first-order valence-corrected chi connectivity index (χ1v) is 5.84. The van der Waals surface area contributed by atoms with Crippen LogP contribution in [0.3, 0.4) is 0 Å².